The molecule has 1 rings (SSSR count). The summed E-state index contributed by atoms with van der Waals surface area (Å²) in [5.74, 6) is -0.392. The van der Waals surface area contributed by atoms with Gasteiger partial charge < -0.3 is 33.7 Å². The summed E-state index contributed by atoms with van der Waals surface area (Å²) in [5.41, 5.74) is 4.69. The van der Waals surface area contributed by atoms with Crippen LogP contribution >= 0.6 is 0 Å². The average Bonchev–Trinajstić information content (AvgIpc) is 2.83. The molecule has 0 radical (unpaired) electrons. The van der Waals surface area contributed by atoms with Gasteiger partial charge in [0.15, 0.2) is 0 Å². The van der Waals surface area contributed by atoms with Crippen molar-refractivity contribution in [3.63, 3.8) is 0 Å². The molecule has 0 fully saturated rings. The highest BCUT2D eigenvalue weighted by Crippen LogP contribution is 2.05. The molecule has 3 N–H and O–H groups in total. The molecule has 3 amide bonds. The fraction of sp³-hybridized carbons (Fsp3) is 0.625. The standard InChI is InChI=1S/C24H39N3O9/c1-24(2,3)36-23(30)27-26-21(28)9-11-31-13-15-33-17-18-34-16-14-32-12-10-25-22(29)35-19-20-7-5-4-6-8-20/h4-8H,9-19H2,1-3H3,(H,25,29)(H,26,28)(H,27,30). The maximum absolute atomic E-state index is 11.6. The Bertz CT molecular complexity index is 742. The van der Waals surface area contributed by atoms with E-state index in [2.05, 4.69) is 16.2 Å². The van der Waals surface area contributed by atoms with Crippen molar-refractivity contribution in [3.8, 4) is 0 Å². The average molecular weight is 514 g/mol. The summed E-state index contributed by atoms with van der Waals surface area (Å²) in [6.45, 7) is 8.60. The predicted molar refractivity (Wildman–Crippen MR) is 130 cm³/mol. The van der Waals surface area contributed by atoms with Crippen molar-refractivity contribution in [2.45, 2.75) is 39.4 Å². The second kappa shape index (κ2) is 19.3. The predicted octanol–water partition coefficient (Wildman–Crippen LogP) is 1.93. The second-order valence-electron chi connectivity index (χ2n) is 8.36. The first-order valence-electron chi connectivity index (χ1n) is 11.8. The summed E-state index contributed by atoms with van der Waals surface area (Å²) < 4.78 is 31.5. The van der Waals surface area contributed by atoms with E-state index in [9.17, 15) is 14.4 Å². The third kappa shape index (κ3) is 19.4. The summed E-state index contributed by atoms with van der Waals surface area (Å²) in [6, 6.07) is 9.44. The maximum Gasteiger partial charge on any atom is 0.426 e. The van der Waals surface area contributed by atoms with Gasteiger partial charge in [0.2, 0.25) is 5.91 Å². The zero-order valence-electron chi connectivity index (χ0n) is 21.3. The zero-order chi connectivity index (χ0) is 26.5. The minimum atomic E-state index is -0.729. The molecule has 0 saturated carbocycles. The fourth-order valence-electron chi connectivity index (χ4n) is 2.41. The van der Waals surface area contributed by atoms with Crippen molar-refractivity contribution in [1.29, 1.82) is 0 Å². The lowest BCUT2D eigenvalue weighted by atomic mass is 10.2. The first-order chi connectivity index (χ1) is 17.3. The number of carbonyl (C=O) groups is 3. The van der Waals surface area contributed by atoms with Crippen molar-refractivity contribution in [2.75, 3.05) is 59.4 Å². The number of rotatable bonds is 17. The highest BCUT2D eigenvalue weighted by Gasteiger charge is 2.16. The highest BCUT2D eigenvalue weighted by atomic mass is 16.6. The summed E-state index contributed by atoms with van der Waals surface area (Å²) in [4.78, 5) is 34.6. The van der Waals surface area contributed by atoms with Gasteiger partial charge in [0, 0.05) is 6.54 Å². The Morgan fingerprint density at radius 2 is 1.28 bits per heavy atom. The van der Waals surface area contributed by atoms with Gasteiger partial charge in [-0.3, -0.25) is 10.2 Å². The second-order valence-corrected chi connectivity index (χ2v) is 8.36. The first kappa shape index (κ1) is 31.1. The van der Waals surface area contributed by atoms with Crippen LogP contribution in [0.5, 0.6) is 0 Å². The van der Waals surface area contributed by atoms with E-state index in [1.165, 1.54) is 0 Å². The molecule has 0 saturated heterocycles. The quantitative estimate of drug-likeness (QED) is 0.210. The molecule has 12 nitrogen and oxygen atoms in total. The molecular formula is C24H39N3O9. The van der Waals surface area contributed by atoms with E-state index in [0.717, 1.165) is 5.56 Å². The molecule has 1 aromatic carbocycles. The SMILES string of the molecule is CC(C)(C)OC(=O)NNC(=O)CCOCCOCCOCCOCCNC(=O)OCc1ccccc1. The number of nitrogens with one attached hydrogen (secondary N) is 3. The number of hydrazine groups is 1. The molecule has 0 bridgehead atoms. The third-order valence-corrected chi connectivity index (χ3v) is 4.02. The number of benzene rings is 1. The molecule has 0 unspecified atom stereocenters. The van der Waals surface area contributed by atoms with E-state index < -0.39 is 23.7 Å². The fourth-order valence-corrected chi connectivity index (χ4v) is 2.41. The van der Waals surface area contributed by atoms with Crippen LogP contribution in [0.25, 0.3) is 0 Å². The van der Waals surface area contributed by atoms with Gasteiger partial charge in [0.25, 0.3) is 0 Å². The van der Waals surface area contributed by atoms with E-state index >= 15 is 0 Å². The molecule has 12 heteroatoms. The highest BCUT2D eigenvalue weighted by molar-refractivity contribution is 5.79. The van der Waals surface area contributed by atoms with E-state index in [1.54, 1.807) is 20.8 Å². The lowest BCUT2D eigenvalue weighted by molar-refractivity contribution is -0.123. The van der Waals surface area contributed by atoms with Gasteiger partial charge in [0.1, 0.15) is 12.2 Å². The summed E-state index contributed by atoms with van der Waals surface area (Å²) >= 11 is 0. The topological polar surface area (TPSA) is 143 Å². The Morgan fingerprint density at radius 3 is 1.86 bits per heavy atom. The maximum atomic E-state index is 11.6. The lowest BCUT2D eigenvalue weighted by Crippen LogP contribution is -2.44. The molecule has 36 heavy (non-hydrogen) atoms. The molecule has 204 valence electrons. The minimum absolute atomic E-state index is 0.0866. The molecule has 0 aliphatic rings. The van der Waals surface area contributed by atoms with E-state index in [1.807, 2.05) is 30.3 Å². The molecule has 0 heterocycles. The van der Waals surface area contributed by atoms with Crippen LogP contribution in [-0.2, 0) is 39.8 Å². The van der Waals surface area contributed by atoms with Gasteiger partial charge in [-0.1, -0.05) is 30.3 Å². The van der Waals surface area contributed by atoms with Crippen molar-refractivity contribution in [1.82, 2.24) is 16.2 Å². The lowest BCUT2D eigenvalue weighted by Gasteiger charge is -2.19. The van der Waals surface area contributed by atoms with E-state index in [4.69, 9.17) is 28.4 Å². The van der Waals surface area contributed by atoms with Crippen LogP contribution in [0.2, 0.25) is 0 Å². The Labute approximate surface area is 212 Å². The van der Waals surface area contributed by atoms with Crippen molar-refractivity contribution >= 4 is 18.1 Å². The monoisotopic (exact) mass is 513 g/mol. The van der Waals surface area contributed by atoms with Gasteiger partial charge in [-0.05, 0) is 26.3 Å². The van der Waals surface area contributed by atoms with Gasteiger partial charge >= 0.3 is 12.2 Å². The van der Waals surface area contributed by atoms with Crippen LogP contribution in [0.1, 0.15) is 32.8 Å². The van der Waals surface area contributed by atoms with Crippen LogP contribution < -0.4 is 16.2 Å². The summed E-state index contributed by atoms with van der Waals surface area (Å²) in [6.07, 6.45) is -1.13. The number of alkyl carbamates (subject to hydrolysis) is 1. The Hall–Kier alpha value is -2.93. The molecule has 0 spiro atoms. The summed E-state index contributed by atoms with van der Waals surface area (Å²) in [7, 11) is 0. The normalized spacial score (nSPS) is 11.0. The van der Waals surface area contributed by atoms with Crippen LogP contribution in [0.4, 0.5) is 9.59 Å². The Morgan fingerprint density at radius 1 is 0.722 bits per heavy atom. The van der Waals surface area contributed by atoms with Crippen molar-refractivity contribution < 1.29 is 42.8 Å². The van der Waals surface area contributed by atoms with E-state index in [0.29, 0.717) is 52.8 Å². The zero-order valence-corrected chi connectivity index (χ0v) is 21.3. The first-order valence-corrected chi connectivity index (χ1v) is 11.8. The summed E-state index contributed by atoms with van der Waals surface area (Å²) in [5, 5.41) is 2.61. The van der Waals surface area contributed by atoms with Crippen LogP contribution in [0.3, 0.4) is 0 Å². The third-order valence-electron chi connectivity index (χ3n) is 4.02. The Kier molecular flexibility index (Phi) is 16.7. The number of amides is 3. The van der Waals surface area contributed by atoms with Crippen molar-refractivity contribution in [2.24, 2.45) is 0 Å². The van der Waals surface area contributed by atoms with Gasteiger partial charge in [0.05, 0.1) is 59.3 Å². The molecule has 1 aromatic rings. The van der Waals surface area contributed by atoms with Gasteiger partial charge in [-0.15, -0.1) is 0 Å². The smallest absolute Gasteiger partial charge is 0.426 e. The molecular weight excluding hydrogens is 474 g/mol. The van der Waals surface area contributed by atoms with Crippen LogP contribution in [0, 0.1) is 0 Å². The van der Waals surface area contributed by atoms with Gasteiger partial charge in [-0.25, -0.2) is 15.0 Å². The molecule has 0 aliphatic heterocycles. The number of carbonyl (C=O) groups excluding carboxylic acids is 3. The molecule has 0 aromatic heterocycles. The molecule has 0 aliphatic carbocycles. The largest absolute Gasteiger partial charge is 0.445 e. The minimum Gasteiger partial charge on any atom is -0.445 e. The van der Waals surface area contributed by atoms with Crippen LogP contribution in [-0.4, -0.2) is 83.1 Å². The van der Waals surface area contributed by atoms with E-state index in [-0.39, 0.29) is 19.6 Å². The number of hydrogen-bond donors (Lipinski definition) is 3. The molecule has 0 atom stereocenters. The number of ether oxygens (including phenoxy) is 6. The number of hydrogen-bond acceptors (Lipinski definition) is 9. The Balaban J connectivity index is 1.79. The van der Waals surface area contributed by atoms with Crippen molar-refractivity contribution in [3.05, 3.63) is 35.9 Å². The van der Waals surface area contributed by atoms with Crippen LogP contribution in [0.15, 0.2) is 30.3 Å². The van der Waals surface area contributed by atoms with Gasteiger partial charge in [-0.2, -0.15) is 0 Å².